The van der Waals surface area contributed by atoms with E-state index in [0.29, 0.717) is 0 Å². The van der Waals surface area contributed by atoms with E-state index in [-0.39, 0.29) is 12.2 Å². The maximum absolute atomic E-state index is 9.76. The van der Waals surface area contributed by atoms with Crippen molar-refractivity contribution in [2.45, 2.75) is 31.5 Å². The highest BCUT2D eigenvalue weighted by molar-refractivity contribution is 14.1. The number of aliphatic hydroxyl groups is 1. The van der Waals surface area contributed by atoms with Crippen LogP contribution in [-0.2, 0) is 0 Å². The Bertz CT molecular complexity index is 372. The molecule has 0 unspecified atom stereocenters. The number of aliphatic hydroxyl groups excluding tert-OH is 1. The van der Waals surface area contributed by atoms with Gasteiger partial charge in [-0.2, -0.15) is 0 Å². The molecule has 1 aliphatic rings. The molecule has 2 nitrogen and oxygen atoms in total. The summed E-state index contributed by atoms with van der Waals surface area (Å²) < 4.78 is 9.39. The zero-order chi connectivity index (χ0) is 11.7. The molecule has 0 bridgehead atoms. The van der Waals surface area contributed by atoms with Crippen molar-refractivity contribution in [3.63, 3.8) is 0 Å². The van der Waals surface area contributed by atoms with Gasteiger partial charge in [0.1, 0.15) is 11.9 Å². The molecular weight excluding hydrogens is 545 g/mol. The molecule has 1 fully saturated rings. The van der Waals surface area contributed by atoms with Gasteiger partial charge in [-0.25, -0.2) is 0 Å². The van der Waals surface area contributed by atoms with Crippen LogP contribution in [0.3, 0.4) is 0 Å². The summed E-state index contributed by atoms with van der Waals surface area (Å²) in [6, 6.07) is 4.19. The molecule has 2 atom stereocenters. The number of rotatable bonds is 2. The van der Waals surface area contributed by atoms with Crippen LogP contribution in [0.1, 0.15) is 19.3 Å². The normalized spacial score (nSPS) is 24.8. The van der Waals surface area contributed by atoms with Crippen LogP contribution in [-0.4, -0.2) is 17.3 Å². The van der Waals surface area contributed by atoms with Gasteiger partial charge in [-0.15, -0.1) is 0 Å². The smallest absolute Gasteiger partial charge is 0.146 e. The van der Waals surface area contributed by atoms with Crippen LogP contribution in [0.25, 0.3) is 0 Å². The Morgan fingerprint density at radius 3 is 2.25 bits per heavy atom. The van der Waals surface area contributed by atoms with Crippen molar-refractivity contribution in [3.05, 3.63) is 22.8 Å². The lowest BCUT2D eigenvalue weighted by molar-refractivity contribution is 0.0593. The first-order chi connectivity index (χ1) is 7.58. The molecule has 16 heavy (non-hydrogen) atoms. The summed E-state index contributed by atoms with van der Waals surface area (Å²) in [7, 11) is 0. The predicted octanol–water partition coefficient (Wildman–Crippen LogP) is 3.79. The molecule has 1 N–H and O–H groups in total. The molecule has 1 aromatic carbocycles. The third kappa shape index (κ3) is 3.14. The van der Waals surface area contributed by atoms with Crippen LogP contribution in [0.5, 0.6) is 5.75 Å². The van der Waals surface area contributed by atoms with Gasteiger partial charge >= 0.3 is 0 Å². The highest BCUT2D eigenvalue weighted by Crippen LogP contribution is 2.33. The topological polar surface area (TPSA) is 29.5 Å². The van der Waals surface area contributed by atoms with Crippen LogP contribution in [0.4, 0.5) is 0 Å². The Kier molecular flexibility index (Phi) is 4.99. The Balaban J connectivity index is 2.21. The minimum Gasteiger partial charge on any atom is -0.486 e. The third-order valence-corrected chi connectivity index (χ3v) is 4.88. The molecule has 0 radical (unpaired) electrons. The largest absolute Gasteiger partial charge is 0.486 e. The lowest BCUT2D eigenvalue weighted by Crippen LogP contribution is -2.26. The summed E-state index contributed by atoms with van der Waals surface area (Å²) in [5, 5.41) is 9.76. The summed E-state index contributed by atoms with van der Waals surface area (Å²) in [5.74, 6) is 0.924. The molecule has 1 saturated carbocycles. The quantitative estimate of drug-likeness (QED) is 0.563. The van der Waals surface area contributed by atoms with Gasteiger partial charge in [0.05, 0.1) is 13.2 Å². The van der Waals surface area contributed by atoms with Crippen molar-refractivity contribution in [2.24, 2.45) is 0 Å². The molecule has 0 amide bonds. The minimum atomic E-state index is -0.300. The van der Waals surface area contributed by atoms with Gasteiger partial charge in [-0.1, -0.05) is 0 Å². The number of ether oxygens (including phenoxy) is 1. The van der Waals surface area contributed by atoms with Gasteiger partial charge in [0.15, 0.2) is 0 Å². The van der Waals surface area contributed by atoms with Crippen LogP contribution in [0.15, 0.2) is 12.1 Å². The van der Waals surface area contributed by atoms with Gasteiger partial charge in [0, 0.05) is 3.57 Å². The second-order valence-electron chi connectivity index (χ2n) is 3.85. The molecule has 0 saturated heterocycles. The molecule has 5 heteroatoms. The van der Waals surface area contributed by atoms with Crippen molar-refractivity contribution in [2.75, 3.05) is 0 Å². The highest BCUT2D eigenvalue weighted by Gasteiger charge is 2.28. The molecular formula is C11H11I3O2. The van der Waals surface area contributed by atoms with E-state index in [4.69, 9.17) is 4.74 Å². The first kappa shape index (κ1) is 13.6. The SMILES string of the molecule is O[C@H]1CCC[C@@H]1Oc1c(I)cc(I)cc1I. The van der Waals surface area contributed by atoms with Gasteiger partial charge < -0.3 is 9.84 Å². The Labute approximate surface area is 136 Å². The number of halogens is 3. The molecule has 0 spiro atoms. The summed E-state index contributed by atoms with van der Waals surface area (Å²) in [6.07, 6.45) is 2.55. The molecule has 0 aromatic heterocycles. The van der Waals surface area contributed by atoms with Crippen molar-refractivity contribution in [3.8, 4) is 5.75 Å². The van der Waals surface area contributed by atoms with Gasteiger partial charge in [0.2, 0.25) is 0 Å². The van der Waals surface area contributed by atoms with Crippen molar-refractivity contribution in [1.29, 1.82) is 0 Å². The van der Waals surface area contributed by atoms with Crippen molar-refractivity contribution in [1.82, 2.24) is 0 Å². The van der Waals surface area contributed by atoms with E-state index >= 15 is 0 Å². The van der Waals surface area contributed by atoms with E-state index < -0.39 is 0 Å². The van der Waals surface area contributed by atoms with Crippen LogP contribution in [0.2, 0.25) is 0 Å². The van der Waals surface area contributed by atoms with Gasteiger partial charge in [-0.05, 0) is 99.2 Å². The first-order valence-corrected chi connectivity index (χ1v) is 8.31. The maximum atomic E-state index is 9.76. The van der Waals surface area contributed by atoms with E-state index in [0.717, 1.165) is 32.2 Å². The third-order valence-electron chi connectivity index (χ3n) is 2.65. The summed E-state index contributed by atoms with van der Waals surface area (Å²) in [6.45, 7) is 0. The van der Waals surface area contributed by atoms with Gasteiger partial charge in [0.25, 0.3) is 0 Å². The zero-order valence-corrected chi connectivity index (χ0v) is 14.9. The number of hydrogen-bond donors (Lipinski definition) is 1. The second-order valence-corrected chi connectivity index (χ2v) is 7.42. The average Bonchev–Trinajstić information content (AvgIpc) is 2.57. The Hall–Kier alpha value is 1.17. The fourth-order valence-corrected chi connectivity index (χ4v) is 5.67. The first-order valence-electron chi connectivity index (χ1n) is 5.07. The van der Waals surface area contributed by atoms with Crippen molar-refractivity contribution < 1.29 is 9.84 Å². The van der Waals surface area contributed by atoms with E-state index in [1.54, 1.807) is 0 Å². The van der Waals surface area contributed by atoms with Crippen LogP contribution in [0, 0.1) is 10.7 Å². The van der Waals surface area contributed by atoms with Gasteiger partial charge in [-0.3, -0.25) is 0 Å². The zero-order valence-electron chi connectivity index (χ0n) is 8.42. The maximum Gasteiger partial charge on any atom is 0.146 e. The lowest BCUT2D eigenvalue weighted by atomic mass is 10.2. The Morgan fingerprint density at radius 1 is 1.12 bits per heavy atom. The molecule has 2 rings (SSSR count). The molecule has 0 aliphatic heterocycles. The second kappa shape index (κ2) is 5.87. The average molecular weight is 556 g/mol. The van der Waals surface area contributed by atoms with Crippen LogP contribution >= 0.6 is 67.8 Å². The van der Waals surface area contributed by atoms with Crippen molar-refractivity contribution >= 4 is 67.8 Å². The number of benzene rings is 1. The molecule has 0 heterocycles. The fourth-order valence-electron chi connectivity index (χ4n) is 1.84. The molecule has 88 valence electrons. The Morgan fingerprint density at radius 2 is 1.75 bits per heavy atom. The summed E-state index contributed by atoms with van der Waals surface area (Å²) in [4.78, 5) is 0. The van der Waals surface area contributed by atoms with E-state index in [9.17, 15) is 5.11 Å². The fraction of sp³-hybridized carbons (Fsp3) is 0.455. The minimum absolute atomic E-state index is 0.0258. The highest BCUT2D eigenvalue weighted by atomic mass is 127. The number of hydrogen-bond acceptors (Lipinski definition) is 2. The monoisotopic (exact) mass is 556 g/mol. The van der Waals surface area contributed by atoms with Crippen LogP contribution < -0.4 is 4.74 Å². The van der Waals surface area contributed by atoms with E-state index in [1.807, 2.05) is 0 Å². The lowest BCUT2D eigenvalue weighted by Gasteiger charge is -2.19. The molecule has 1 aliphatic carbocycles. The standard InChI is InChI=1S/C11H11I3O2/c12-6-4-7(13)11(8(14)5-6)16-10-3-1-2-9(10)15/h4-5,9-10,15H,1-3H2/t9-,10-/m0/s1. The predicted molar refractivity (Wildman–Crippen MR) is 88.9 cm³/mol. The van der Waals surface area contributed by atoms with E-state index in [2.05, 4.69) is 79.9 Å². The molecule has 1 aromatic rings. The summed E-state index contributed by atoms with van der Waals surface area (Å²) in [5.41, 5.74) is 0. The van der Waals surface area contributed by atoms with E-state index in [1.165, 1.54) is 3.57 Å². The summed E-state index contributed by atoms with van der Waals surface area (Å²) >= 11 is 6.88.